The Morgan fingerprint density at radius 2 is 1.77 bits per heavy atom. The Morgan fingerprint density at radius 1 is 1.00 bits per heavy atom. The average molecular weight is 614 g/mol. The van der Waals surface area contributed by atoms with Crippen molar-refractivity contribution in [3.8, 4) is 11.5 Å². The van der Waals surface area contributed by atoms with Crippen LogP contribution >= 0.6 is 23.1 Å². The summed E-state index contributed by atoms with van der Waals surface area (Å²) in [6.45, 7) is 3.78. The van der Waals surface area contributed by atoms with Gasteiger partial charge in [-0.15, -0.1) is 10.2 Å². The number of ether oxygens (including phenoxy) is 2. The number of carbonyl (C=O) groups excluding carboxylic acids is 2. The molecule has 6 rings (SSSR count). The molecule has 1 fully saturated rings. The summed E-state index contributed by atoms with van der Waals surface area (Å²) in [4.78, 5) is 33.3. The van der Waals surface area contributed by atoms with E-state index in [4.69, 9.17) is 9.47 Å². The highest BCUT2D eigenvalue weighted by atomic mass is 32.2. The fraction of sp³-hybridized carbons (Fsp3) is 0.194. The molecule has 1 saturated heterocycles. The third-order valence-electron chi connectivity index (χ3n) is 7.18. The number of aliphatic hydroxyl groups is 1. The third-order valence-corrected chi connectivity index (χ3v) is 9.31. The highest BCUT2D eigenvalue weighted by Crippen LogP contribution is 2.46. The Morgan fingerprint density at radius 3 is 2.51 bits per heavy atom. The Kier molecular flexibility index (Phi) is 7.63. The van der Waals surface area contributed by atoms with Crippen molar-refractivity contribution < 1.29 is 24.2 Å². The maximum atomic E-state index is 13.7. The summed E-state index contributed by atoms with van der Waals surface area (Å²) >= 11 is 2.70. The van der Waals surface area contributed by atoms with Crippen LogP contribution in [0.5, 0.6) is 11.5 Å². The SMILES string of the molecule is COc1ccc(C2C(=C(O)c3c(C)nc4ccccn34)C(=O)C(=O)N2c2nnc(SCc3ccc(C)cc3)s2)cc1OC. The molecule has 1 amide bonds. The normalized spacial score (nSPS) is 16.3. The molecule has 0 aliphatic carbocycles. The Balaban J connectivity index is 1.46. The lowest BCUT2D eigenvalue weighted by molar-refractivity contribution is -0.132. The van der Waals surface area contributed by atoms with Crippen LogP contribution in [0.4, 0.5) is 5.13 Å². The van der Waals surface area contributed by atoms with Crippen molar-refractivity contribution in [1.82, 2.24) is 19.6 Å². The van der Waals surface area contributed by atoms with Crippen molar-refractivity contribution in [3.63, 3.8) is 0 Å². The van der Waals surface area contributed by atoms with Gasteiger partial charge in [0.15, 0.2) is 21.6 Å². The smallest absolute Gasteiger partial charge is 0.301 e. The monoisotopic (exact) mass is 613 g/mol. The van der Waals surface area contributed by atoms with Crippen LogP contribution in [0.25, 0.3) is 11.4 Å². The minimum atomic E-state index is -1.02. The molecule has 0 saturated carbocycles. The number of fused-ring (bicyclic) bond motifs is 1. The predicted molar refractivity (Wildman–Crippen MR) is 165 cm³/mol. The Bertz CT molecular complexity index is 1900. The standard InChI is InChI=1S/C31H27N5O5S2/c1-17-8-10-19(11-9-17)16-42-31-34-33-30(43-31)36-26(20-12-13-21(40-3)22(15-20)41-4)24(28(38)29(36)39)27(37)25-18(2)32-23-7-5-6-14-35(23)25/h5-15,26,37H,16H2,1-4H3. The molecule has 4 heterocycles. The summed E-state index contributed by atoms with van der Waals surface area (Å²) in [7, 11) is 3.02. The lowest BCUT2D eigenvalue weighted by Gasteiger charge is -2.23. The van der Waals surface area contributed by atoms with Crippen LogP contribution < -0.4 is 14.4 Å². The minimum Gasteiger partial charge on any atom is -0.505 e. The molecule has 43 heavy (non-hydrogen) atoms. The summed E-state index contributed by atoms with van der Waals surface area (Å²) in [5.74, 6) is -0.448. The summed E-state index contributed by atoms with van der Waals surface area (Å²) in [6.07, 6.45) is 1.74. The number of hydrogen-bond donors (Lipinski definition) is 1. The summed E-state index contributed by atoms with van der Waals surface area (Å²) in [6, 6.07) is 17.7. The van der Waals surface area contributed by atoms with E-state index in [2.05, 4.69) is 39.4 Å². The molecule has 12 heteroatoms. The first-order valence-electron chi connectivity index (χ1n) is 13.3. The number of hydrogen-bond acceptors (Lipinski definition) is 10. The zero-order valence-electron chi connectivity index (χ0n) is 23.8. The molecule has 0 spiro atoms. The molecule has 2 aromatic carbocycles. The van der Waals surface area contributed by atoms with Gasteiger partial charge in [-0.25, -0.2) is 4.98 Å². The van der Waals surface area contributed by atoms with Crippen LogP contribution in [0.3, 0.4) is 0 Å². The molecular weight excluding hydrogens is 587 g/mol. The number of amides is 1. The van der Waals surface area contributed by atoms with Crippen molar-refractivity contribution in [2.45, 2.75) is 30.0 Å². The van der Waals surface area contributed by atoms with Crippen LogP contribution in [0.2, 0.25) is 0 Å². The van der Waals surface area contributed by atoms with Crippen LogP contribution in [-0.2, 0) is 15.3 Å². The van der Waals surface area contributed by atoms with E-state index < -0.39 is 17.7 Å². The van der Waals surface area contributed by atoms with E-state index in [-0.39, 0.29) is 16.5 Å². The van der Waals surface area contributed by atoms with Gasteiger partial charge in [-0.05, 0) is 49.2 Å². The highest BCUT2D eigenvalue weighted by Gasteiger charge is 2.49. The quantitative estimate of drug-likeness (QED) is 0.0768. The lowest BCUT2D eigenvalue weighted by Crippen LogP contribution is -2.29. The van der Waals surface area contributed by atoms with Gasteiger partial charge in [-0.2, -0.15) is 0 Å². The molecular formula is C31H27N5O5S2. The van der Waals surface area contributed by atoms with Crippen molar-refractivity contribution in [3.05, 3.63) is 101 Å². The van der Waals surface area contributed by atoms with E-state index in [0.29, 0.717) is 44.2 Å². The molecule has 1 aliphatic heterocycles. The van der Waals surface area contributed by atoms with Gasteiger partial charge in [0.05, 0.1) is 31.5 Å². The number of pyridine rings is 1. The van der Waals surface area contributed by atoms with Crippen molar-refractivity contribution in [1.29, 1.82) is 0 Å². The van der Waals surface area contributed by atoms with Gasteiger partial charge in [-0.3, -0.25) is 18.9 Å². The third kappa shape index (κ3) is 5.12. The van der Waals surface area contributed by atoms with Crippen molar-refractivity contribution in [2.75, 3.05) is 19.1 Å². The molecule has 1 atom stereocenters. The van der Waals surface area contributed by atoms with Gasteiger partial charge in [-0.1, -0.05) is 65.1 Å². The number of benzene rings is 2. The number of aromatic nitrogens is 4. The van der Waals surface area contributed by atoms with Crippen molar-refractivity contribution >= 4 is 51.3 Å². The first kappa shape index (κ1) is 28.4. The van der Waals surface area contributed by atoms with Gasteiger partial charge in [0.2, 0.25) is 5.13 Å². The van der Waals surface area contributed by atoms with Gasteiger partial charge in [0.25, 0.3) is 5.78 Å². The summed E-state index contributed by atoms with van der Waals surface area (Å²) in [5, 5.41) is 20.6. The number of methoxy groups -OCH3 is 2. The first-order valence-corrected chi connectivity index (χ1v) is 15.1. The zero-order valence-corrected chi connectivity index (χ0v) is 25.4. The number of nitrogens with zero attached hydrogens (tertiary/aromatic N) is 5. The topological polar surface area (TPSA) is 119 Å². The van der Waals surface area contributed by atoms with Gasteiger partial charge in [0.1, 0.15) is 11.3 Å². The molecule has 3 aromatic heterocycles. The van der Waals surface area contributed by atoms with E-state index in [1.54, 1.807) is 47.9 Å². The fourth-order valence-corrected chi connectivity index (χ4v) is 6.91. The lowest BCUT2D eigenvalue weighted by atomic mass is 9.96. The molecule has 1 aliphatic rings. The van der Waals surface area contributed by atoms with Crippen LogP contribution in [0, 0.1) is 13.8 Å². The first-order chi connectivity index (χ1) is 20.8. The number of thioether (sulfide) groups is 1. The zero-order chi connectivity index (χ0) is 30.2. The van der Waals surface area contributed by atoms with E-state index in [1.165, 1.54) is 47.8 Å². The van der Waals surface area contributed by atoms with E-state index in [0.717, 1.165) is 5.56 Å². The molecule has 218 valence electrons. The number of Topliss-reactive ketones (excluding diaryl/α,β-unsaturated/α-hetero) is 1. The molecule has 5 aromatic rings. The van der Waals surface area contributed by atoms with Gasteiger partial charge >= 0.3 is 5.91 Å². The molecule has 0 radical (unpaired) electrons. The van der Waals surface area contributed by atoms with Crippen LogP contribution in [0.15, 0.2) is 76.8 Å². The summed E-state index contributed by atoms with van der Waals surface area (Å²) in [5.41, 5.74) is 4.16. The maximum Gasteiger partial charge on any atom is 0.301 e. The fourth-order valence-electron chi connectivity index (χ4n) is 5.08. The second-order valence-corrected chi connectivity index (χ2v) is 12.1. The summed E-state index contributed by atoms with van der Waals surface area (Å²) < 4.78 is 13.3. The predicted octanol–water partition coefficient (Wildman–Crippen LogP) is 5.74. The molecule has 1 N–H and O–H groups in total. The molecule has 0 bridgehead atoms. The van der Waals surface area contributed by atoms with Crippen LogP contribution in [-0.4, -0.2) is 50.6 Å². The molecule has 1 unspecified atom stereocenters. The number of carbonyl (C=O) groups is 2. The van der Waals surface area contributed by atoms with Gasteiger partial charge in [0, 0.05) is 11.9 Å². The number of ketones is 1. The van der Waals surface area contributed by atoms with Crippen LogP contribution in [0.1, 0.15) is 34.1 Å². The number of anilines is 1. The highest BCUT2D eigenvalue weighted by molar-refractivity contribution is 8.00. The largest absolute Gasteiger partial charge is 0.505 e. The average Bonchev–Trinajstić information content (AvgIpc) is 3.69. The van der Waals surface area contributed by atoms with Crippen molar-refractivity contribution in [2.24, 2.45) is 0 Å². The number of rotatable bonds is 8. The number of imidazole rings is 1. The van der Waals surface area contributed by atoms with E-state index >= 15 is 0 Å². The second-order valence-electron chi connectivity index (χ2n) is 9.88. The molecule has 10 nitrogen and oxygen atoms in total. The van der Waals surface area contributed by atoms with E-state index in [1.807, 2.05) is 13.0 Å². The second kappa shape index (κ2) is 11.5. The maximum absolute atomic E-state index is 13.7. The Labute approximate surface area is 255 Å². The van der Waals surface area contributed by atoms with Gasteiger partial charge < -0.3 is 14.6 Å². The van der Waals surface area contributed by atoms with E-state index in [9.17, 15) is 14.7 Å². The number of aryl methyl sites for hydroxylation is 2. The minimum absolute atomic E-state index is 0.0879. The Hall–Kier alpha value is -4.68. The number of aliphatic hydroxyl groups excluding tert-OH is 1.